The van der Waals surface area contributed by atoms with Gasteiger partial charge < -0.3 is 9.88 Å². The maximum Gasteiger partial charge on any atom is 0.0955 e. The fourth-order valence-electron chi connectivity index (χ4n) is 2.69. The first-order valence-corrected chi connectivity index (χ1v) is 6.20. The molecule has 0 saturated heterocycles. The van der Waals surface area contributed by atoms with E-state index in [1.165, 1.54) is 0 Å². The van der Waals surface area contributed by atoms with Gasteiger partial charge >= 0.3 is 0 Å². The Morgan fingerprint density at radius 1 is 1.50 bits per heavy atom. The number of aromatic nitrogens is 2. The highest BCUT2D eigenvalue weighted by atomic mass is 15.0. The normalized spacial score (nSPS) is 18.5. The molecule has 92 valence electrons. The zero-order valence-corrected chi connectivity index (χ0v) is 10.6. The smallest absolute Gasteiger partial charge is 0.0955 e. The van der Waals surface area contributed by atoms with Gasteiger partial charge in [-0.15, -0.1) is 0 Å². The molecule has 2 aromatic rings. The zero-order valence-electron chi connectivity index (χ0n) is 10.6. The number of nitriles is 1. The summed E-state index contributed by atoms with van der Waals surface area (Å²) in [6.45, 7) is 0. The summed E-state index contributed by atoms with van der Waals surface area (Å²) in [6, 6.07) is 8.84. The van der Waals surface area contributed by atoms with E-state index in [1.807, 2.05) is 25.0 Å². The number of nitrogens with zero attached hydrogens (tertiary/aromatic N) is 3. The Balaban J connectivity index is 2.05. The summed E-state index contributed by atoms with van der Waals surface area (Å²) in [5.41, 5.74) is 3.05. The molecule has 1 aliphatic carbocycles. The molecule has 4 nitrogen and oxygen atoms in total. The van der Waals surface area contributed by atoms with E-state index in [2.05, 4.69) is 34.6 Å². The highest BCUT2D eigenvalue weighted by Gasteiger charge is 2.50. The van der Waals surface area contributed by atoms with Crippen molar-refractivity contribution < 1.29 is 0 Å². The molecule has 1 atom stereocenters. The van der Waals surface area contributed by atoms with Crippen LogP contribution in [0.15, 0.2) is 24.5 Å². The number of rotatable bonds is 3. The molecular weight excluding hydrogens is 224 g/mol. The number of nitrogens with one attached hydrogen (secondary N) is 1. The van der Waals surface area contributed by atoms with E-state index in [4.69, 9.17) is 0 Å². The van der Waals surface area contributed by atoms with Gasteiger partial charge in [0.2, 0.25) is 0 Å². The van der Waals surface area contributed by atoms with E-state index < -0.39 is 0 Å². The van der Waals surface area contributed by atoms with Gasteiger partial charge in [-0.2, -0.15) is 5.26 Å². The summed E-state index contributed by atoms with van der Waals surface area (Å²) in [5, 5.41) is 12.6. The average molecular weight is 240 g/mol. The van der Waals surface area contributed by atoms with Crippen LogP contribution in [0.4, 0.5) is 0 Å². The van der Waals surface area contributed by atoms with Gasteiger partial charge in [-0.1, -0.05) is 6.07 Å². The fraction of sp³-hybridized carbons (Fsp3) is 0.429. The maximum atomic E-state index is 9.33. The molecule has 0 spiro atoms. The van der Waals surface area contributed by atoms with Gasteiger partial charge in [0.1, 0.15) is 0 Å². The van der Waals surface area contributed by atoms with E-state index in [1.54, 1.807) is 0 Å². The van der Waals surface area contributed by atoms with Gasteiger partial charge in [0.15, 0.2) is 0 Å². The topological polar surface area (TPSA) is 53.6 Å². The molecule has 18 heavy (non-hydrogen) atoms. The molecule has 0 amide bonds. The molecule has 1 aliphatic rings. The Labute approximate surface area is 106 Å². The Morgan fingerprint density at radius 3 is 2.89 bits per heavy atom. The number of imidazole rings is 1. The molecule has 0 bridgehead atoms. The Bertz CT molecular complexity index is 631. The number of fused-ring (bicyclic) bond motifs is 1. The Hall–Kier alpha value is -1.86. The predicted molar refractivity (Wildman–Crippen MR) is 69.8 cm³/mol. The van der Waals surface area contributed by atoms with Crippen molar-refractivity contribution in [3.05, 3.63) is 30.1 Å². The van der Waals surface area contributed by atoms with Crippen LogP contribution in [-0.2, 0) is 7.05 Å². The van der Waals surface area contributed by atoms with E-state index in [-0.39, 0.29) is 11.5 Å². The summed E-state index contributed by atoms with van der Waals surface area (Å²) in [7, 11) is 3.91. The van der Waals surface area contributed by atoms with E-state index >= 15 is 0 Å². The molecule has 1 N–H and O–H groups in total. The lowest BCUT2D eigenvalue weighted by Crippen LogP contribution is -2.25. The first kappa shape index (κ1) is 11.2. The van der Waals surface area contributed by atoms with Crippen LogP contribution in [0.25, 0.3) is 11.0 Å². The van der Waals surface area contributed by atoms with Crippen molar-refractivity contribution in [1.82, 2.24) is 14.9 Å². The van der Waals surface area contributed by atoms with Crippen LogP contribution in [0.5, 0.6) is 0 Å². The zero-order chi connectivity index (χ0) is 12.8. The third kappa shape index (κ3) is 1.52. The van der Waals surface area contributed by atoms with Crippen LogP contribution in [0.1, 0.15) is 24.4 Å². The third-order valence-electron chi connectivity index (χ3n) is 3.94. The van der Waals surface area contributed by atoms with Crippen molar-refractivity contribution in [2.45, 2.75) is 18.9 Å². The second kappa shape index (κ2) is 3.82. The van der Waals surface area contributed by atoms with E-state index in [0.29, 0.717) is 0 Å². The molecule has 1 saturated carbocycles. The molecule has 1 unspecified atom stereocenters. The third-order valence-corrected chi connectivity index (χ3v) is 3.94. The second-order valence-corrected chi connectivity index (χ2v) is 5.09. The van der Waals surface area contributed by atoms with Crippen LogP contribution in [0, 0.1) is 16.7 Å². The van der Waals surface area contributed by atoms with Gasteiger partial charge in [-0.05, 0) is 37.6 Å². The summed E-state index contributed by atoms with van der Waals surface area (Å²) in [4.78, 5) is 4.38. The first-order valence-electron chi connectivity index (χ1n) is 6.20. The van der Waals surface area contributed by atoms with Crippen molar-refractivity contribution in [2.24, 2.45) is 12.5 Å². The second-order valence-electron chi connectivity index (χ2n) is 5.09. The fourth-order valence-corrected chi connectivity index (χ4v) is 2.69. The highest BCUT2D eigenvalue weighted by molar-refractivity contribution is 5.76. The maximum absolute atomic E-state index is 9.33. The van der Waals surface area contributed by atoms with Gasteiger partial charge in [0.25, 0.3) is 0 Å². The monoisotopic (exact) mass is 240 g/mol. The molecule has 1 fully saturated rings. The molecule has 4 heteroatoms. The average Bonchev–Trinajstić information content (AvgIpc) is 3.10. The number of hydrogen-bond acceptors (Lipinski definition) is 3. The van der Waals surface area contributed by atoms with Crippen LogP contribution in [0.2, 0.25) is 0 Å². The molecule has 1 heterocycles. The van der Waals surface area contributed by atoms with Crippen molar-refractivity contribution in [3.63, 3.8) is 0 Å². The lowest BCUT2D eigenvalue weighted by molar-refractivity contribution is 0.444. The summed E-state index contributed by atoms with van der Waals surface area (Å²) < 4.78 is 2.00. The Morgan fingerprint density at radius 2 is 2.28 bits per heavy atom. The van der Waals surface area contributed by atoms with E-state index in [0.717, 1.165) is 29.4 Å². The molecular formula is C14H16N4. The highest BCUT2D eigenvalue weighted by Crippen LogP contribution is 2.54. The van der Waals surface area contributed by atoms with Gasteiger partial charge in [0.05, 0.1) is 34.9 Å². The molecule has 0 aliphatic heterocycles. The van der Waals surface area contributed by atoms with Crippen molar-refractivity contribution in [2.75, 3.05) is 7.05 Å². The summed E-state index contributed by atoms with van der Waals surface area (Å²) >= 11 is 0. The van der Waals surface area contributed by atoms with Crippen LogP contribution in [-0.4, -0.2) is 16.6 Å². The van der Waals surface area contributed by atoms with Crippen molar-refractivity contribution >= 4 is 11.0 Å². The minimum atomic E-state index is -0.211. The lowest BCUT2D eigenvalue weighted by atomic mass is 9.91. The number of aryl methyl sites for hydroxylation is 1. The molecule has 3 rings (SSSR count). The minimum Gasteiger partial charge on any atom is -0.334 e. The van der Waals surface area contributed by atoms with Crippen molar-refractivity contribution in [3.8, 4) is 6.07 Å². The predicted octanol–water partition coefficient (Wildman–Crippen LogP) is 2.14. The van der Waals surface area contributed by atoms with Crippen LogP contribution < -0.4 is 5.32 Å². The number of benzene rings is 1. The minimum absolute atomic E-state index is 0.105. The van der Waals surface area contributed by atoms with Crippen LogP contribution >= 0.6 is 0 Å². The molecule has 1 aromatic heterocycles. The standard InChI is InChI=1S/C14H16N4/c1-16-13(14(8-15)5-6-14)10-3-4-12-11(7-10)17-9-18(12)2/h3-4,7,9,13,16H,5-6H2,1-2H3. The van der Waals surface area contributed by atoms with Crippen molar-refractivity contribution in [1.29, 1.82) is 5.26 Å². The first-order chi connectivity index (χ1) is 8.70. The SMILES string of the molecule is CNC(c1ccc2c(c1)ncn2C)C1(C#N)CC1. The molecule has 0 radical (unpaired) electrons. The summed E-state index contributed by atoms with van der Waals surface area (Å²) in [6.07, 6.45) is 3.78. The van der Waals surface area contributed by atoms with E-state index in [9.17, 15) is 5.26 Å². The lowest BCUT2D eigenvalue weighted by Gasteiger charge is -2.21. The summed E-state index contributed by atoms with van der Waals surface area (Å²) in [5.74, 6) is 0. The molecule has 1 aromatic carbocycles. The quantitative estimate of drug-likeness (QED) is 0.894. The van der Waals surface area contributed by atoms with Gasteiger partial charge in [-0.3, -0.25) is 0 Å². The van der Waals surface area contributed by atoms with Gasteiger partial charge in [-0.25, -0.2) is 4.98 Å². The van der Waals surface area contributed by atoms with Crippen LogP contribution in [0.3, 0.4) is 0 Å². The number of hydrogen-bond donors (Lipinski definition) is 1. The Kier molecular flexibility index (Phi) is 2.39. The largest absolute Gasteiger partial charge is 0.334 e. The van der Waals surface area contributed by atoms with Gasteiger partial charge in [0, 0.05) is 7.05 Å².